The Balaban J connectivity index is 2.69. The second-order valence-corrected chi connectivity index (χ2v) is 1.89. The van der Waals surface area contributed by atoms with E-state index in [0.29, 0.717) is 6.42 Å². The fourth-order valence-electron chi connectivity index (χ4n) is 0.603. The number of nitrogens with zero attached hydrogens (tertiary/aromatic N) is 2. The highest BCUT2D eigenvalue weighted by molar-refractivity contribution is 5.17. The van der Waals surface area contributed by atoms with Gasteiger partial charge in [-0.05, 0) is 5.56 Å². The molecule has 0 unspecified atom stereocenters. The zero-order chi connectivity index (χ0) is 7.40. The number of nitrogens with two attached hydrogens (primary N) is 1. The smallest absolute Gasteiger partial charge is 0.219 e. The zero-order valence-corrected chi connectivity index (χ0v) is 5.42. The Morgan fingerprint density at radius 1 is 1.40 bits per heavy atom. The van der Waals surface area contributed by atoms with Crippen molar-refractivity contribution in [3.63, 3.8) is 0 Å². The van der Waals surface area contributed by atoms with Crippen molar-refractivity contribution in [2.45, 2.75) is 6.42 Å². The molecule has 0 fully saturated rings. The summed E-state index contributed by atoms with van der Waals surface area (Å²) in [6, 6.07) is 0. The third-order valence-corrected chi connectivity index (χ3v) is 1.11. The lowest BCUT2D eigenvalue weighted by molar-refractivity contribution is 0.494. The van der Waals surface area contributed by atoms with Crippen LogP contribution in [0.2, 0.25) is 0 Å². The molecular formula is C6H8FN3. The molecule has 0 aromatic carbocycles. The maximum Gasteiger partial charge on any atom is 0.219 e. The molecule has 1 aromatic rings. The third kappa shape index (κ3) is 1.65. The minimum atomic E-state index is -0.382. The lowest BCUT2D eigenvalue weighted by Gasteiger charge is -1.94. The molecule has 2 N–H and O–H groups in total. The van der Waals surface area contributed by atoms with Gasteiger partial charge in [-0.25, -0.2) is 9.97 Å². The average Bonchev–Trinajstić information content (AvgIpc) is 1.95. The van der Waals surface area contributed by atoms with Gasteiger partial charge in [0.05, 0.1) is 6.67 Å². The Labute approximate surface area is 58.1 Å². The van der Waals surface area contributed by atoms with Gasteiger partial charge in [0.15, 0.2) is 0 Å². The van der Waals surface area contributed by atoms with Crippen LogP contribution in [0.4, 0.5) is 10.3 Å². The van der Waals surface area contributed by atoms with E-state index >= 15 is 0 Å². The van der Waals surface area contributed by atoms with E-state index in [1.54, 1.807) is 0 Å². The van der Waals surface area contributed by atoms with Gasteiger partial charge in [-0.15, -0.1) is 0 Å². The van der Waals surface area contributed by atoms with E-state index < -0.39 is 0 Å². The molecule has 1 aromatic heterocycles. The van der Waals surface area contributed by atoms with E-state index in [-0.39, 0.29) is 12.6 Å². The first-order valence-corrected chi connectivity index (χ1v) is 2.95. The number of nitrogen functional groups attached to an aromatic ring is 1. The van der Waals surface area contributed by atoms with Crippen molar-refractivity contribution >= 4 is 5.95 Å². The molecule has 0 atom stereocenters. The monoisotopic (exact) mass is 141 g/mol. The van der Waals surface area contributed by atoms with Crippen molar-refractivity contribution in [2.24, 2.45) is 0 Å². The number of hydrogen-bond donors (Lipinski definition) is 1. The SMILES string of the molecule is Nc1ncc(CCF)cn1. The highest BCUT2D eigenvalue weighted by Gasteiger charge is 1.92. The molecule has 0 spiro atoms. The van der Waals surface area contributed by atoms with E-state index in [0.717, 1.165) is 5.56 Å². The van der Waals surface area contributed by atoms with Crippen LogP contribution in [0.15, 0.2) is 12.4 Å². The average molecular weight is 141 g/mol. The summed E-state index contributed by atoms with van der Waals surface area (Å²) in [7, 11) is 0. The summed E-state index contributed by atoms with van der Waals surface area (Å²) in [6.07, 6.45) is 3.42. The molecular weight excluding hydrogens is 133 g/mol. The van der Waals surface area contributed by atoms with Gasteiger partial charge in [-0.3, -0.25) is 4.39 Å². The number of rotatable bonds is 2. The lowest BCUT2D eigenvalue weighted by atomic mass is 10.3. The summed E-state index contributed by atoms with van der Waals surface area (Å²) in [5.74, 6) is 0.225. The second-order valence-electron chi connectivity index (χ2n) is 1.89. The van der Waals surface area contributed by atoms with E-state index in [9.17, 15) is 4.39 Å². The molecule has 0 saturated carbocycles. The summed E-state index contributed by atoms with van der Waals surface area (Å²) >= 11 is 0. The van der Waals surface area contributed by atoms with Crippen LogP contribution < -0.4 is 5.73 Å². The first-order valence-electron chi connectivity index (χ1n) is 2.95. The van der Waals surface area contributed by atoms with E-state index in [1.807, 2.05) is 0 Å². The standard InChI is InChI=1S/C6H8FN3/c7-2-1-5-3-9-6(8)10-4-5/h3-4H,1-2H2,(H2,8,9,10). The third-order valence-electron chi connectivity index (χ3n) is 1.11. The minimum Gasteiger partial charge on any atom is -0.368 e. The van der Waals surface area contributed by atoms with E-state index in [2.05, 4.69) is 9.97 Å². The largest absolute Gasteiger partial charge is 0.368 e. The minimum absolute atomic E-state index is 0.225. The first-order chi connectivity index (χ1) is 4.83. The Morgan fingerprint density at radius 3 is 2.50 bits per heavy atom. The van der Waals surface area contributed by atoms with Crippen molar-refractivity contribution in [3.05, 3.63) is 18.0 Å². The van der Waals surface area contributed by atoms with Crippen LogP contribution in [0.1, 0.15) is 5.56 Å². The van der Waals surface area contributed by atoms with Crippen LogP contribution in [0.3, 0.4) is 0 Å². The highest BCUT2D eigenvalue weighted by Crippen LogP contribution is 1.97. The Bertz CT molecular complexity index is 197. The van der Waals surface area contributed by atoms with Gasteiger partial charge in [-0.2, -0.15) is 0 Å². The molecule has 0 radical (unpaired) electrons. The molecule has 54 valence electrons. The summed E-state index contributed by atoms with van der Waals surface area (Å²) in [4.78, 5) is 7.40. The molecule has 0 amide bonds. The van der Waals surface area contributed by atoms with Gasteiger partial charge in [0.1, 0.15) is 0 Å². The molecule has 1 rings (SSSR count). The van der Waals surface area contributed by atoms with Gasteiger partial charge < -0.3 is 5.73 Å². The normalized spacial score (nSPS) is 9.70. The van der Waals surface area contributed by atoms with Gasteiger partial charge >= 0.3 is 0 Å². The zero-order valence-electron chi connectivity index (χ0n) is 5.42. The van der Waals surface area contributed by atoms with E-state index in [1.165, 1.54) is 12.4 Å². The van der Waals surface area contributed by atoms with Gasteiger partial charge in [-0.1, -0.05) is 0 Å². The van der Waals surface area contributed by atoms with Crippen LogP contribution in [0.25, 0.3) is 0 Å². The first kappa shape index (κ1) is 6.92. The van der Waals surface area contributed by atoms with Crippen LogP contribution in [0, 0.1) is 0 Å². The number of halogens is 1. The van der Waals surface area contributed by atoms with Crippen molar-refractivity contribution < 1.29 is 4.39 Å². The molecule has 4 heteroatoms. The van der Waals surface area contributed by atoms with E-state index in [4.69, 9.17) is 5.73 Å². The fourth-order valence-corrected chi connectivity index (χ4v) is 0.603. The van der Waals surface area contributed by atoms with Crippen molar-refractivity contribution in [2.75, 3.05) is 12.4 Å². The predicted molar refractivity (Wildman–Crippen MR) is 36.1 cm³/mol. The van der Waals surface area contributed by atoms with Crippen molar-refractivity contribution in [1.82, 2.24) is 9.97 Å². The maximum atomic E-state index is 11.7. The van der Waals surface area contributed by atoms with Gasteiger partial charge in [0.2, 0.25) is 5.95 Å². The summed E-state index contributed by atoms with van der Waals surface area (Å²) in [5, 5.41) is 0. The molecule has 3 nitrogen and oxygen atoms in total. The summed E-state index contributed by atoms with van der Waals surface area (Å²) < 4.78 is 11.7. The van der Waals surface area contributed by atoms with Gasteiger partial charge in [0, 0.05) is 18.8 Å². The van der Waals surface area contributed by atoms with Gasteiger partial charge in [0.25, 0.3) is 0 Å². The predicted octanol–water partition coefficient (Wildman–Crippen LogP) is 0.571. The number of aryl methyl sites for hydroxylation is 1. The summed E-state index contributed by atoms with van der Waals surface area (Å²) in [5.41, 5.74) is 5.98. The fraction of sp³-hybridized carbons (Fsp3) is 0.333. The van der Waals surface area contributed by atoms with Crippen molar-refractivity contribution in [1.29, 1.82) is 0 Å². The number of anilines is 1. The number of hydrogen-bond acceptors (Lipinski definition) is 3. The quantitative estimate of drug-likeness (QED) is 0.655. The van der Waals surface area contributed by atoms with Crippen LogP contribution >= 0.6 is 0 Å². The molecule has 0 bridgehead atoms. The maximum absolute atomic E-state index is 11.7. The number of aromatic nitrogens is 2. The van der Waals surface area contributed by atoms with Crippen LogP contribution in [-0.2, 0) is 6.42 Å². The highest BCUT2D eigenvalue weighted by atomic mass is 19.1. The number of alkyl halides is 1. The summed E-state index contributed by atoms with van der Waals surface area (Å²) in [6.45, 7) is -0.382. The van der Waals surface area contributed by atoms with Crippen molar-refractivity contribution in [3.8, 4) is 0 Å². The molecule has 1 heterocycles. The molecule has 0 saturated heterocycles. The van der Waals surface area contributed by atoms with Crippen LogP contribution in [0.5, 0.6) is 0 Å². The molecule has 0 aliphatic heterocycles. The Kier molecular flexibility index (Phi) is 2.15. The second kappa shape index (κ2) is 3.10. The molecule has 10 heavy (non-hydrogen) atoms. The molecule has 0 aliphatic carbocycles. The Hall–Kier alpha value is -1.19. The Morgan fingerprint density at radius 2 is 2.00 bits per heavy atom. The van der Waals surface area contributed by atoms with Crippen LogP contribution in [-0.4, -0.2) is 16.6 Å². The molecule has 0 aliphatic rings. The topological polar surface area (TPSA) is 51.8 Å². The lowest BCUT2D eigenvalue weighted by Crippen LogP contribution is -1.96.